The number of rotatable bonds is 4. The van der Waals surface area contributed by atoms with Gasteiger partial charge in [0.05, 0.1) is 12.7 Å². The van der Waals surface area contributed by atoms with E-state index in [0.29, 0.717) is 16.9 Å². The molecule has 0 saturated heterocycles. The molecule has 19 heavy (non-hydrogen) atoms. The Kier molecular flexibility index (Phi) is 3.98. The molecule has 3 nitrogen and oxygen atoms in total. The second-order valence-electron chi connectivity index (χ2n) is 3.96. The summed E-state index contributed by atoms with van der Waals surface area (Å²) in [6.45, 7) is 0. The average molecular weight is 254 g/mol. The van der Waals surface area contributed by atoms with E-state index in [0.717, 1.165) is 0 Å². The lowest BCUT2D eigenvalue weighted by molar-refractivity contribution is 0.104. The second-order valence-corrected chi connectivity index (χ2v) is 3.96. The molecule has 0 amide bonds. The number of ketones is 1. The fourth-order valence-corrected chi connectivity index (χ4v) is 1.73. The first-order valence-corrected chi connectivity index (χ1v) is 5.86. The lowest BCUT2D eigenvalue weighted by Gasteiger charge is -2.04. The fraction of sp³-hybridized carbons (Fsp3) is 0.0625. The van der Waals surface area contributed by atoms with Gasteiger partial charge < -0.3 is 9.84 Å². The summed E-state index contributed by atoms with van der Waals surface area (Å²) in [5, 5.41) is 9.61. The molecule has 0 bridgehead atoms. The minimum Gasteiger partial charge on any atom is -0.507 e. The van der Waals surface area contributed by atoms with E-state index in [-0.39, 0.29) is 11.5 Å². The largest absolute Gasteiger partial charge is 0.507 e. The van der Waals surface area contributed by atoms with Gasteiger partial charge in [0.2, 0.25) is 0 Å². The van der Waals surface area contributed by atoms with Crippen molar-refractivity contribution in [2.24, 2.45) is 0 Å². The van der Waals surface area contributed by atoms with Gasteiger partial charge in [0.25, 0.3) is 0 Å². The molecule has 0 saturated carbocycles. The monoisotopic (exact) mass is 254 g/mol. The van der Waals surface area contributed by atoms with Crippen LogP contribution in [0.3, 0.4) is 0 Å². The van der Waals surface area contributed by atoms with E-state index in [4.69, 9.17) is 4.74 Å². The van der Waals surface area contributed by atoms with E-state index in [1.54, 1.807) is 48.5 Å². The molecular formula is C16H14O3. The minimum absolute atomic E-state index is 0.145. The molecule has 3 heteroatoms. The van der Waals surface area contributed by atoms with E-state index in [9.17, 15) is 9.90 Å². The zero-order chi connectivity index (χ0) is 13.7. The standard InChI is InChI=1S/C16H14O3/c1-19-16-9-5-3-7-13(16)15(18)11-10-12-6-2-4-8-14(12)17/h2-11,17H,1H3/b11-10+. The summed E-state index contributed by atoms with van der Waals surface area (Å²) in [6, 6.07) is 13.9. The first-order chi connectivity index (χ1) is 9.22. The molecule has 0 fully saturated rings. The highest BCUT2D eigenvalue weighted by Crippen LogP contribution is 2.20. The van der Waals surface area contributed by atoms with Crippen LogP contribution in [0.15, 0.2) is 54.6 Å². The van der Waals surface area contributed by atoms with Gasteiger partial charge in [-0.3, -0.25) is 4.79 Å². The number of aromatic hydroxyl groups is 1. The molecule has 0 aliphatic carbocycles. The number of benzene rings is 2. The summed E-state index contributed by atoms with van der Waals surface area (Å²) in [7, 11) is 1.53. The molecular weight excluding hydrogens is 240 g/mol. The Bertz CT molecular complexity index is 615. The van der Waals surface area contributed by atoms with Crippen LogP contribution in [0, 0.1) is 0 Å². The molecule has 2 rings (SSSR count). The van der Waals surface area contributed by atoms with Crippen LogP contribution in [0.2, 0.25) is 0 Å². The van der Waals surface area contributed by atoms with Crippen molar-refractivity contribution in [2.45, 2.75) is 0 Å². The van der Waals surface area contributed by atoms with E-state index >= 15 is 0 Å². The molecule has 0 heterocycles. The summed E-state index contributed by atoms with van der Waals surface area (Å²) in [5.74, 6) is 0.515. The third kappa shape index (κ3) is 3.01. The highest BCUT2D eigenvalue weighted by molar-refractivity contribution is 6.08. The molecule has 0 aromatic heterocycles. The third-order valence-corrected chi connectivity index (χ3v) is 2.72. The van der Waals surface area contributed by atoms with Crippen LogP contribution in [0.5, 0.6) is 11.5 Å². The number of phenols is 1. The summed E-state index contributed by atoms with van der Waals surface area (Å²) in [5.41, 5.74) is 1.10. The minimum atomic E-state index is -0.166. The van der Waals surface area contributed by atoms with Gasteiger partial charge in [0, 0.05) is 5.56 Å². The molecule has 1 N–H and O–H groups in total. The molecule has 0 aliphatic rings. The topological polar surface area (TPSA) is 46.5 Å². The van der Waals surface area contributed by atoms with E-state index < -0.39 is 0 Å². The average Bonchev–Trinajstić information content (AvgIpc) is 2.46. The molecule has 2 aromatic rings. The summed E-state index contributed by atoms with van der Waals surface area (Å²) < 4.78 is 5.14. The second kappa shape index (κ2) is 5.87. The number of methoxy groups -OCH3 is 1. The zero-order valence-electron chi connectivity index (χ0n) is 10.5. The summed E-state index contributed by atoms with van der Waals surface area (Å²) in [6.07, 6.45) is 3.01. The van der Waals surface area contributed by atoms with Crippen LogP contribution in [0.25, 0.3) is 6.08 Å². The van der Waals surface area contributed by atoms with Crippen molar-refractivity contribution in [1.29, 1.82) is 0 Å². The Morgan fingerprint density at radius 2 is 1.79 bits per heavy atom. The Morgan fingerprint density at radius 1 is 1.11 bits per heavy atom. The van der Waals surface area contributed by atoms with Crippen molar-refractivity contribution in [3.63, 3.8) is 0 Å². The first kappa shape index (κ1) is 12.9. The van der Waals surface area contributed by atoms with Crippen LogP contribution in [0.4, 0.5) is 0 Å². The highest BCUT2D eigenvalue weighted by atomic mass is 16.5. The van der Waals surface area contributed by atoms with Gasteiger partial charge in [-0.2, -0.15) is 0 Å². The van der Waals surface area contributed by atoms with Crippen LogP contribution in [-0.4, -0.2) is 18.0 Å². The van der Waals surface area contributed by atoms with Gasteiger partial charge >= 0.3 is 0 Å². The molecule has 2 aromatic carbocycles. The number of carbonyl (C=O) groups excluding carboxylic acids is 1. The van der Waals surface area contributed by atoms with Crippen molar-refractivity contribution >= 4 is 11.9 Å². The van der Waals surface area contributed by atoms with Gasteiger partial charge in [-0.1, -0.05) is 30.3 Å². The van der Waals surface area contributed by atoms with Gasteiger partial charge in [0.1, 0.15) is 11.5 Å². The molecule has 0 spiro atoms. The number of ether oxygens (including phenoxy) is 1. The number of carbonyl (C=O) groups is 1. The number of phenolic OH excluding ortho intramolecular Hbond substituents is 1. The van der Waals surface area contributed by atoms with Crippen molar-refractivity contribution in [3.05, 3.63) is 65.7 Å². The Labute approximate surface area is 111 Å². The Hall–Kier alpha value is -2.55. The Morgan fingerprint density at radius 3 is 2.53 bits per heavy atom. The van der Waals surface area contributed by atoms with Crippen molar-refractivity contribution in [2.75, 3.05) is 7.11 Å². The third-order valence-electron chi connectivity index (χ3n) is 2.72. The number of hydrogen-bond acceptors (Lipinski definition) is 3. The molecule has 0 atom stereocenters. The van der Waals surface area contributed by atoms with Crippen molar-refractivity contribution in [3.8, 4) is 11.5 Å². The van der Waals surface area contributed by atoms with Gasteiger partial charge in [-0.05, 0) is 30.4 Å². The zero-order valence-corrected chi connectivity index (χ0v) is 10.5. The quantitative estimate of drug-likeness (QED) is 0.672. The molecule has 0 unspecified atom stereocenters. The van der Waals surface area contributed by atoms with Gasteiger partial charge in [-0.25, -0.2) is 0 Å². The van der Waals surface area contributed by atoms with E-state index in [2.05, 4.69) is 0 Å². The maximum Gasteiger partial charge on any atom is 0.189 e. The van der Waals surface area contributed by atoms with E-state index in [1.807, 2.05) is 6.07 Å². The SMILES string of the molecule is COc1ccccc1C(=O)/C=C/c1ccccc1O. The maximum absolute atomic E-state index is 12.1. The van der Waals surface area contributed by atoms with Gasteiger partial charge in [-0.15, -0.1) is 0 Å². The van der Waals surface area contributed by atoms with Crippen LogP contribution < -0.4 is 4.74 Å². The predicted molar refractivity (Wildman–Crippen MR) is 74.5 cm³/mol. The summed E-state index contributed by atoms with van der Waals surface area (Å²) in [4.78, 5) is 12.1. The predicted octanol–water partition coefficient (Wildman–Crippen LogP) is 3.30. The number of hydrogen-bond donors (Lipinski definition) is 1. The molecule has 0 radical (unpaired) electrons. The Balaban J connectivity index is 2.24. The highest BCUT2D eigenvalue weighted by Gasteiger charge is 2.08. The lowest BCUT2D eigenvalue weighted by Crippen LogP contribution is -1.98. The summed E-state index contributed by atoms with van der Waals surface area (Å²) >= 11 is 0. The smallest absolute Gasteiger partial charge is 0.189 e. The lowest BCUT2D eigenvalue weighted by atomic mass is 10.1. The fourth-order valence-electron chi connectivity index (χ4n) is 1.73. The van der Waals surface area contributed by atoms with Crippen LogP contribution >= 0.6 is 0 Å². The van der Waals surface area contributed by atoms with Crippen LogP contribution in [-0.2, 0) is 0 Å². The van der Waals surface area contributed by atoms with Crippen LogP contribution in [0.1, 0.15) is 15.9 Å². The van der Waals surface area contributed by atoms with Gasteiger partial charge in [0.15, 0.2) is 5.78 Å². The number of allylic oxidation sites excluding steroid dienone is 1. The normalized spacial score (nSPS) is 10.6. The van der Waals surface area contributed by atoms with Crippen molar-refractivity contribution < 1.29 is 14.6 Å². The van der Waals surface area contributed by atoms with E-state index in [1.165, 1.54) is 13.2 Å². The molecule has 0 aliphatic heterocycles. The maximum atomic E-state index is 12.1. The van der Waals surface area contributed by atoms with Crippen molar-refractivity contribution in [1.82, 2.24) is 0 Å². The number of para-hydroxylation sites is 2. The molecule has 96 valence electrons. The first-order valence-electron chi connectivity index (χ1n) is 5.86.